The molecule has 6 nitrogen and oxygen atoms in total. The molecule has 0 aliphatic heterocycles. The second-order valence-corrected chi connectivity index (χ2v) is 4.58. The minimum Gasteiger partial charge on any atom is -0.458 e. The molecular formula is C10H20N2O4S. The lowest BCUT2D eigenvalue weighted by Gasteiger charge is -2.24. The Morgan fingerprint density at radius 2 is 2.12 bits per heavy atom. The molecule has 0 aliphatic carbocycles. The first-order valence-electron chi connectivity index (χ1n) is 5.29. The first kappa shape index (κ1) is 16.2. The fraction of sp³-hybridized carbons (Fsp3) is 0.800. The molecule has 0 unspecified atom stereocenters. The number of nitrogens with one attached hydrogen (secondary N) is 1. The van der Waals surface area contributed by atoms with Crippen molar-refractivity contribution < 1.29 is 19.4 Å². The van der Waals surface area contributed by atoms with Crippen LogP contribution in [0.4, 0.5) is 0 Å². The van der Waals surface area contributed by atoms with Crippen LogP contribution in [0.1, 0.15) is 20.3 Å². The van der Waals surface area contributed by atoms with E-state index in [0.717, 1.165) is 0 Å². The third kappa shape index (κ3) is 7.19. The number of aliphatic hydroxyl groups excluding tert-OH is 1. The Hall–Kier alpha value is -0.790. The van der Waals surface area contributed by atoms with Gasteiger partial charge in [-0.05, 0) is 13.8 Å². The molecule has 1 atom stereocenters. The van der Waals surface area contributed by atoms with Gasteiger partial charge in [0.05, 0.1) is 6.04 Å². The summed E-state index contributed by atoms with van der Waals surface area (Å²) in [5.74, 6) is -0.809. The van der Waals surface area contributed by atoms with E-state index in [4.69, 9.17) is 15.6 Å². The molecule has 0 aromatic heterocycles. The van der Waals surface area contributed by atoms with Crippen LogP contribution in [0.5, 0.6) is 0 Å². The zero-order valence-corrected chi connectivity index (χ0v) is 11.0. The summed E-state index contributed by atoms with van der Waals surface area (Å²) >= 11 is 3.87. The van der Waals surface area contributed by atoms with Crippen LogP contribution in [0.3, 0.4) is 0 Å². The van der Waals surface area contributed by atoms with E-state index in [0.29, 0.717) is 6.42 Å². The molecule has 0 heterocycles. The second-order valence-electron chi connectivity index (χ2n) is 4.21. The van der Waals surface area contributed by atoms with Gasteiger partial charge < -0.3 is 20.9 Å². The SMILES string of the molecule is CC(C)(CCO)OC(=O)CNC(=O)[C@@H](N)CS. The molecule has 1 amide bonds. The molecule has 0 saturated carbocycles. The quantitative estimate of drug-likeness (QED) is 0.351. The van der Waals surface area contributed by atoms with Gasteiger partial charge in [0.15, 0.2) is 0 Å². The molecule has 100 valence electrons. The number of aliphatic hydroxyl groups is 1. The summed E-state index contributed by atoms with van der Waals surface area (Å²) in [6.45, 7) is 3.05. The van der Waals surface area contributed by atoms with Gasteiger partial charge in [-0.25, -0.2) is 0 Å². The number of amides is 1. The maximum Gasteiger partial charge on any atom is 0.325 e. The largest absolute Gasteiger partial charge is 0.458 e. The number of rotatable bonds is 7. The molecule has 0 aromatic carbocycles. The number of esters is 1. The van der Waals surface area contributed by atoms with Crippen LogP contribution in [0, 0.1) is 0 Å². The summed E-state index contributed by atoms with van der Waals surface area (Å²) in [5, 5.41) is 11.1. The number of ether oxygens (including phenoxy) is 1. The molecule has 0 spiro atoms. The molecular weight excluding hydrogens is 244 g/mol. The molecule has 17 heavy (non-hydrogen) atoms. The number of hydrogen-bond donors (Lipinski definition) is 4. The van der Waals surface area contributed by atoms with Crippen LogP contribution >= 0.6 is 12.6 Å². The predicted molar refractivity (Wildman–Crippen MR) is 66.7 cm³/mol. The zero-order chi connectivity index (χ0) is 13.5. The van der Waals surface area contributed by atoms with Crippen LogP contribution in [-0.2, 0) is 14.3 Å². The van der Waals surface area contributed by atoms with Crippen LogP contribution in [0.15, 0.2) is 0 Å². The van der Waals surface area contributed by atoms with E-state index in [1.807, 2.05) is 0 Å². The van der Waals surface area contributed by atoms with E-state index in [2.05, 4.69) is 17.9 Å². The van der Waals surface area contributed by atoms with Gasteiger partial charge in [-0.1, -0.05) is 0 Å². The van der Waals surface area contributed by atoms with Crippen molar-refractivity contribution in [2.45, 2.75) is 31.9 Å². The average molecular weight is 264 g/mol. The van der Waals surface area contributed by atoms with Crippen molar-refractivity contribution >= 4 is 24.5 Å². The molecule has 0 aliphatic rings. The zero-order valence-electron chi connectivity index (χ0n) is 10.1. The molecule has 0 aromatic rings. The molecule has 0 saturated heterocycles. The first-order chi connectivity index (χ1) is 7.82. The summed E-state index contributed by atoms with van der Waals surface area (Å²) in [6.07, 6.45) is 0.336. The van der Waals surface area contributed by atoms with Crippen LogP contribution in [-0.4, -0.2) is 47.5 Å². The van der Waals surface area contributed by atoms with Gasteiger partial charge >= 0.3 is 5.97 Å². The van der Waals surface area contributed by atoms with Crippen LogP contribution in [0.2, 0.25) is 0 Å². The lowest BCUT2D eigenvalue weighted by molar-refractivity contribution is -0.157. The first-order valence-corrected chi connectivity index (χ1v) is 5.92. The van der Waals surface area contributed by atoms with Gasteiger partial charge in [0.1, 0.15) is 12.1 Å². The van der Waals surface area contributed by atoms with Crippen LogP contribution in [0.25, 0.3) is 0 Å². The maximum absolute atomic E-state index is 11.4. The Labute approximate surface area is 106 Å². The maximum atomic E-state index is 11.4. The van der Waals surface area contributed by atoms with E-state index < -0.39 is 23.5 Å². The van der Waals surface area contributed by atoms with E-state index in [1.165, 1.54) is 0 Å². The highest BCUT2D eigenvalue weighted by Crippen LogP contribution is 2.13. The fourth-order valence-corrected chi connectivity index (χ4v) is 1.20. The number of thiol groups is 1. The Bertz CT molecular complexity index is 271. The van der Waals surface area contributed by atoms with E-state index in [1.54, 1.807) is 13.8 Å². The predicted octanol–water partition coefficient (Wildman–Crippen LogP) is -0.936. The number of nitrogens with two attached hydrogens (primary N) is 1. The van der Waals surface area contributed by atoms with Crippen molar-refractivity contribution in [1.82, 2.24) is 5.32 Å². The molecule has 4 N–H and O–H groups in total. The summed E-state index contributed by atoms with van der Waals surface area (Å²) in [4.78, 5) is 22.6. The van der Waals surface area contributed by atoms with Crippen molar-refractivity contribution in [1.29, 1.82) is 0 Å². The minimum absolute atomic E-state index is 0.0723. The van der Waals surface area contributed by atoms with Gasteiger partial charge in [0.2, 0.25) is 5.91 Å². The smallest absolute Gasteiger partial charge is 0.325 e. The van der Waals surface area contributed by atoms with Gasteiger partial charge in [-0.3, -0.25) is 9.59 Å². The highest BCUT2D eigenvalue weighted by Gasteiger charge is 2.22. The standard InChI is InChI=1S/C10H20N2O4S/c1-10(2,3-4-13)16-8(14)5-12-9(15)7(11)6-17/h7,13,17H,3-6,11H2,1-2H3,(H,12,15)/t7-/m0/s1. The van der Waals surface area contributed by atoms with Crippen molar-refractivity contribution in [2.24, 2.45) is 5.73 Å². The monoisotopic (exact) mass is 264 g/mol. The molecule has 0 fully saturated rings. The van der Waals surface area contributed by atoms with Gasteiger partial charge in [0.25, 0.3) is 0 Å². The minimum atomic E-state index is -0.748. The number of carbonyl (C=O) groups is 2. The number of carbonyl (C=O) groups excluding carboxylic acids is 2. The highest BCUT2D eigenvalue weighted by molar-refractivity contribution is 7.80. The van der Waals surface area contributed by atoms with Crippen molar-refractivity contribution in [3.05, 3.63) is 0 Å². The number of hydrogen-bond acceptors (Lipinski definition) is 6. The third-order valence-electron chi connectivity index (χ3n) is 2.04. The van der Waals surface area contributed by atoms with Crippen molar-refractivity contribution in [2.75, 3.05) is 18.9 Å². The van der Waals surface area contributed by atoms with Crippen molar-refractivity contribution in [3.8, 4) is 0 Å². The molecule has 7 heteroatoms. The second kappa shape index (κ2) is 7.52. The van der Waals surface area contributed by atoms with Crippen LogP contribution < -0.4 is 11.1 Å². The Morgan fingerprint density at radius 3 is 2.59 bits per heavy atom. The highest BCUT2D eigenvalue weighted by atomic mass is 32.1. The van der Waals surface area contributed by atoms with E-state index >= 15 is 0 Å². The van der Waals surface area contributed by atoms with E-state index in [9.17, 15) is 9.59 Å². The van der Waals surface area contributed by atoms with Gasteiger partial charge in [-0.2, -0.15) is 12.6 Å². The fourth-order valence-electron chi connectivity index (χ4n) is 1.04. The molecule has 0 bridgehead atoms. The van der Waals surface area contributed by atoms with Gasteiger partial charge in [0, 0.05) is 18.8 Å². The Kier molecular flexibility index (Phi) is 7.17. The summed E-state index contributed by atoms with van der Waals surface area (Å²) in [7, 11) is 0. The summed E-state index contributed by atoms with van der Waals surface area (Å²) < 4.78 is 5.07. The average Bonchev–Trinajstić information content (AvgIpc) is 2.23. The topological polar surface area (TPSA) is 102 Å². The summed E-state index contributed by atoms with van der Waals surface area (Å²) in [5.41, 5.74) is 4.66. The lowest BCUT2D eigenvalue weighted by Crippen LogP contribution is -2.45. The molecule has 0 radical (unpaired) electrons. The normalized spacial score (nSPS) is 13.0. The third-order valence-corrected chi connectivity index (χ3v) is 2.44. The summed E-state index contributed by atoms with van der Waals surface area (Å²) in [6, 6.07) is -0.739. The lowest BCUT2D eigenvalue weighted by atomic mass is 10.1. The Balaban J connectivity index is 3.99. The van der Waals surface area contributed by atoms with E-state index in [-0.39, 0.29) is 18.9 Å². The Morgan fingerprint density at radius 1 is 1.53 bits per heavy atom. The van der Waals surface area contributed by atoms with Crippen molar-refractivity contribution in [3.63, 3.8) is 0 Å². The van der Waals surface area contributed by atoms with Gasteiger partial charge in [-0.15, -0.1) is 0 Å². The molecule has 0 rings (SSSR count).